The van der Waals surface area contributed by atoms with Gasteiger partial charge in [-0.1, -0.05) is 12.1 Å². The van der Waals surface area contributed by atoms with E-state index in [-0.39, 0.29) is 5.82 Å². The number of rotatable bonds is 9. The summed E-state index contributed by atoms with van der Waals surface area (Å²) >= 11 is 0. The summed E-state index contributed by atoms with van der Waals surface area (Å²) in [5.41, 5.74) is 3.14. The average Bonchev–Trinajstić information content (AvgIpc) is 3.13. The first kappa shape index (κ1) is 20.7. The van der Waals surface area contributed by atoms with Crippen LogP contribution in [0.2, 0.25) is 0 Å². The molecule has 0 amide bonds. The van der Waals surface area contributed by atoms with Gasteiger partial charge in [-0.2, -0.15) is 0 Å². The van der Waals surface area contributed by atoms with Gasteiger partial charge in [0.25, 0.3) is 0 Å². The Morgan fingerprint density at radius 2 is 1.93 bits per heavy atom. The molecule has 0 spiro atoms. The molecule has 154 valence electrons. The highest BCUT2D eigenvalue weighted by Crippen LogP contribution is 2.19. The normalized spacial score (nSPS) is 11.6. The third-order valence-corrected chi connectivity index (χ3v) is 4.58. The summed E-state index contributed by atoms with van der Waals surface area (Å²) in [5, 5.41) is 7.51. The summed E-state index contributed by atoms with van der Waals surface area (Å²) in [5.74, 6) is 1.32. The minimum absolute atomic E-state index is 0.223. The van der Waals surface area contributed by atoms with E-state index in [0.717, 1.165) is 40.2 Å². The van der Waals surface area contributed by atoms with E-state index < -0.39 is 0 Å². The van der Waals surface area contributed by atoms with Crippen LogP contribution in [0, 0.1) is 5.82 Å². The van der Waals surface area contributed by atoms with Crippen molar-refractivity contribution in [3.8, 4) is 5.75 Å². The number of guanidine groups is 1. The molecular weight excluding hydrogens is 371 g/mol. The molecule has 3 rings (SSSR count). The van der Waals surface area contributed by atoms with Crippen LogP contribution in [0.3, 0.4) is 0 Å². The standard InChI is InChI=1S/C22H27FN4O2/c1-24-22(27-14-16-3-6-19(7-4-16)29-12-11-28-2)25-10-9-17-15-26-21-8-5-18(23)13-20(17)21/h3-8,13,15,26H,9-12,14H2,1-2H3,(H2,24,25,27). The Kier molecular flexibility index (Phi) is 7.47. The number of hydrogen-bond acceptors (Lipinski definition) is 3. The van der Waals surface area contributed by atoms with Gasteiger partial charge >= 0.3 is 0 Å². The number of benzene rings is 2. The van der Waals surface area contributed by atoms with Gasteiger partial charge in [0.1, 0.15) is 18.2 Å². The van der Waals surface area contributed by atoms with E-state index in [1.165, 1.54) is 6.07 Å². The molecule has 1 aromatic heterocycles. The summed E-state index contributed by atoms with van der Waals surface area (Å²) in [6.07, 6.45) is 2.69. The van der Waals surface area contributed by atoms with Gasteiger partial charge < -0.3 is 25.1 Å². The van der Waals surface area contributed by atoms with Crippen molar-refractivity contribution in [2.75, 3.05) is 33.9 Å². The highest BCUT2D eigenvalue weighted by molar-refractivity contribution is 5.83. The molecule has 3 aromatic rings. The lowest BCUT2D eigenvalue weighted by Crippen LogP contribution is -2.37. The van der Waals surface area contributed by atoms with E-state index in [4.69, 9.17) is 9.47 Å². The quantitative estimate of drug-likeness (QED) is 0.294. The molecule has 6 nitrogen and oxygen atoms in total. The van der Waals surface area contributed by atoms with Crippen molar-refractivity contribution in [1.82, 2.24) is 15.6 Å². The van der Waals surface area contributed by atoms with Crippen LogP contribution in [0.5, 0.6) is 5.75 Å². The zero-order valence-corrected chi connectivity index (χ0v) is 16.8. The topological polar surface area (TPSA) is 70.7 Å². The molecule has 0 saturated carbocycles. The Morgan fingerprint density at radius 3 is 2.69 bits per heavy atom. The summed E-state index contributed by atoms with van der Waals surface area (Å²) in [7, 11) is 3.39. The van der Waals surface area contributed by atoms with Crippen LogP contribution in [0.15, 0.2) is 53.7 Å². The summed E-state index contributed by atoms with van der Waals surface area (Å²) in [4.78, 5) is 7.43. The molecule has 0 aliphatic carbocycles. The molecule has 0 aliphatic heterocycles. The lowest BCUT2D eigenvalue weighted by molar-refractivity contribution is 0.146. The maximum absolute atomic E-state index is 13.5. The van der Waals surface area contributed by atoms with E-state index in [1.807, 2.05) is 30.5 Å². The van der Waals surface area contributed by atoms with Gasteiger partial charge in [0.2, 0.25) is 0 Å². The van der Waals surface area contributed by atoms with E-state index >= 15 is 0 Å². The first-order valence-electron chi connectivity index (χ1n) is 9.60. The van der Waals surface area contributed by atoms with Crippen molar-refractivity contribution in [3.63, 3.8) is 0 Å². The van der Waals surface area contributed by atoms with Gasteiger partial charge in [-0.15, -0.1) is 0 Å². The minimum atomic E-state index is -0.223. The molecule has 0 radical (unpaired) electrons. The lowest BCUT2D eigenvalue weighted by Gasteiger charge is -2.12. The van der Waals surface area contributed by atoms with Crippen LogP contribution in [0.4, 0.5) is 4.39 Å². The summed E-state index contributed by atoms with van der Waals surface area (Å²) in [6.45, 7) is 2.44. The fraction of sp³-hybridized carbons (Fsp3) is 0.318. The van der Waals surface area contributed by atoms with E-state index in [2.05, 4.69) is 20.6 Å². The van der Waals surface area contributed by atoms with Crippen molar-refractivity contribution >= 4 is 16.9 Å². The molecule has 2 aromatic carbocycles. The highest BCUT2D eigenvalue weighted by Gasteiger charge is 2.05. The average molecular weight is 398 g/mol. The molecule has 0 bridgehead atoms. The number of ether oxygens (including phenoxy) is 2. The number of halogens is 1. The molecule has 0 saturated heterocycles. The molecule has 3 N–H and O–H groups in total. The van der Waals surface area contributed by atoms with Crippen LogP contribution in [0.25, 0.3) is 10.9 Å². The highest BCUT2D eigenvalue weighted by atomic mass is 19.1. The predicted molar refractivity (Wildman–Crippen MR) is 114 cm³/mol. The Labute approximate surface area is 170 Å². The van der Waals surface area contributed by atoms with Crippen LogP contribution < -0.4 is 15.4 Å². The first-order chi connectivity index (χ1) is 14.2. The Morgan fingerprint density at radius 1 is 1.10 bits per heavy atom. The fourth-order valence-corrected chi connectivity index (χ4v) is 3.03. The number of fused-ring (bicyclic) bond motifs is 1. The van der Waals surface area contributed by atoms with Crippen molar-refractivity contribution < 1.29 is 13.9 Å². The molecule has 0 fully saturated rings. The van der Waals surface area contributed by atoms with Crippen molar-refractivity contribution in [2.45, 2.75) is 13.0 Å². The number of aromatic nitrogens is 1. The Hall–Kier alpha value is -3.06. The molecular formula is C22H27FN4O2. The fourth-order valence-electron chi connectivity index (χ4n) is 3.03. The van der Waals surface area contributed by atoms with Crippen molar-refractivity contribution in [1.29, 1.82) is 0 Å². The number of aromatic amines is 1. The lowest BCUT2D eigenvalue weighted by atomic mass is 10.1. The molecule has 7 heteroatoms. The van der Waals surface area contributed by atoms with E-state index in [0.29, 0.717) is 26.3 Å². The van der Waals surface area contributed by atoms with Crippen LogP contribution in [-0.4, -0.2) is 44.9 Å². The zero-order chi connectivity index (χ0) is 20.5. The number of methoxy groups -OCH3 is 1. The number of H-pyrrole nitrogens is 1. The second-order valence-corrected chi connectivity index (χ2v) is 6.59. The number of aliphatic imine (C=N–C) groups is 1. The third-order valence-electron chi connectivity index (χ3n) is 4.58. The SMILES string of the molecule is CN=C(NCCc1c[nH]c2ccc(F)cc12)NCc1ccc(OCCOC)cc1. The second kappa shape index (κ2) is 10.5. The van der Waals surface area contributed by atoms with E-state index in [1.54, 1.807) is 26.3 Å². The van der Waals surface area contributed by atoms with Gasteiger partial charge in [-0.05, 0) is 47.9 Å². The summed E-state index contributed by atoms with van der Waals surface area (Å²) < 4.78 is 24.0. The maximum Gasteiger partial charge on any atom is 0.191 e. The molecule has 0 atom stereocenters. The van der Waals surface area contributed by atoms with Crippen LogP contribution in [-0.2, 0) is 17.7 Å². The van der Waals surface area contributed by atoms with Gasteiger partial charge in [0.15, 0.2) is 5.96 Å². The van der Waals surface area contributed by atoms with E-state index in [9.17, 15) is 4.39 Å². The van der Waals surface area contributed by atoms with Gasteiger partial charge in [0.05, 0.1) is 6.61 Å². The predicted octanol–water partition coefficient (Wildman–Crippen LogP) is 3.24. The zero-order valence-electron chi connectivity index (χ0n) is 16.8. The number of hydrogen-bond donors (Lipinski definition) is 3. The second-order valence-electron chi connectivity index (χ2n) is 6.59. The number of nitrogens with one attached hydrogen (secondary N) is 3. The Bertz CT molecular complexity index is 938. The van der Waals surface area contributed by atoms with Gasteiger partial charge in [0, 0.05) is 44.3 Å². The van der Waals surface area contributed by atoms with Crippen LogP contribution in [0.1, 0.15) is 11.1 Å². The third kappa shape index (κ3) is 5.96. The first-order valence-corrected chi connectivity index (χ1v) is 9.60. The van der Waals surface area contributed by atoms with Gasteiger partial charge in [-0.25, -0.2) is 4.39 Å². The largest absolute Gasteiger partial charge is 0.491 e. The number of nitrogens with zero attached hydrogens (tertiary/aromatic N) is 1. The summed E-state index contributed by atoms with van der Waals surface area (Å²) in [6, 6.07) is 12.7. The molecule has 29 heavy (non-hydrogen) atoms. The minimum Gasteiger partial charge on any atom is -0.491 e. The maximum atomic E-state index is 13.5. The smallest absolute Gasteiger partial charge is 0.191 e. The van der Waals surface area contributed by atoms with Crippen molar-refractivity contribution in [2.24, 2.45) is 4.99 Å². The molecule has 1 heterocycles. The molecule has 0 unspecified atom stereocenters. The molecule has 0 aliphatic rings. The monoisotopic (exact) mass is 398 g/mol. The van der Waals surface area contributed by atoms with Crippen molar-refractivity contribution in [3.05, 3.63) is 65.6 Å². The van der Waals surface area contributed by atoms with Crippen LogP contribution >= 0.6 is 0 Å². The van der Waals surface area contributed by atoms with Gasteiger partial charge in [-0.3, -0.25) is 4.99 Å². The Balaban J connectivity index is 1.45.